The summed E-state index contributed by atoms with van der Waals surface area (Å²) in [6, 6.07) is 4.53. The summed E-state index contributed by atoms with van der Waals surface area (Å²) in [5.74, 6) is -0.982. The van der Waals surface area contributed by atoms with Crippen molar-refractivity contribution in [3.8, 4) is 5.75 Å². The molecule has 8 heteroatoms. The first-order chi connectivity index (χ1) is 12.0. The second kappa shape index (κ2) is 7.47. The Morgan fingerprint density at radius 3 is 2.58 bits per heavy atom. The van der Waals surface area contributed by atoms with E-state index in [0.29, 0.717) is 5.56 Å². The maximum atomic E-state index is 12.3. The van der Waals surface area contributed by atoms with Crippen molar-refractivity contribution in [3.63, 3.8) is 0 Å². The zero-order valence-corrected chi connectivity index (χ0v) is 15.7. The molecule has 1 aromatic heterocycles. The summed E-state index contributed by atoms with van der Waals surface area (Å²) in [7, 11) is 0. The lowest BCUT2D eigenvalue weighted by molar-refractivity contribution is 0.0690. The van der Waals surface area contributed by atoms with Gasteiger partial charge < -0.3 is 14.9 Å². The Balaban J connectivity index is 2.27. The minimum Gasteiger partial charge on any atom is -0.485 e. The van der Waals surface area contributed by atoms with Gasteiger partial charge in [0.05, 0.1) is 23.4 Å². The van der Waals surface area contributed by atoms with E-state index in [9.17, 15) is 14.7 Å². The molecule has 0 aliphatic carbocycles. The van der Waals surface area contributed by atoms with Gasteiger partial charge in [-0.25, -0.2) is 9.48 Å². The van der Waals surface area contributed by atoms with Crippen LogP contribution in [-0.2, 0) is 12.1 Å². The molecule has 26 heavy (non-hydrogen) atoms. The van der Waals surface area contributed by atoms with E-state index in [2.05, 4.69) is 5.10 Å². The lowest BCUT2D eigenvalue weighted by atomic mass is 10.0. The van der Waals surface area contributed by atoms with E-state index in [1.165, 1.54) is 23.9 Å². The maximum Gasteiger partial charge on any atom is 0.336 e. The molecule has 1 atom stereocenters. The number of rotatable bonds is 5. The quantitative estimate of drug-likeness (QED) is 0.826. The second-order valence-corrected chi connectivity index (χ2v) is 7.28. The Labute approximate surface area is 155 Å². The van der Waals surface area contributed by atoms with Crippen molar-refractivity contribution >= 4 is 17.6 Å². The molecular weight excluding hydrogens is 360 g/mol. The van der Waals surface area contributed by atoms with Gasteiger partial charge in [-0.05, 0) is 51.0 Å². The Morgan fingerprint density at radius 1 is 1.38 bits per heavy atom. The third-order valence-electron chi connectivity index (χ3n) is 3.71. The highest BCUT2D eigenvalue weighted by Crippen LogP contribution is 2.24. The molecule has 0 amide bonds. The third kappa shape index (κ3) is 4.23. The van der Waals surface area contributed by atoms with Crippen LogP contribution in [0.3, 0.4) is 0 Å². The Hall–Kier alpha value is -2.38. The molecule has 2 N–H and O–H groups in total. The van der Waals surface area contributed by atoms with Gasteiger partial charge in [0, 0.05) is 0 Å². The van der Waals surface area contributed by atoms with Crippen LogP contribution in [0.25, 0.3) is 0 Å². The van der Waals surface area contributed by atoms with Crippen molar-refractivity contribution in [2.24, 2.45) is 0 Å². The van der Waals surface area contributed by atoms with Crippen molar-refractivity contribution in [3.05, 3.63) is 56.5 Å². The van der Waals surface area contributed by atoms with Gasteiger partial charge in [0.25, 0.3) is 5.56 Å². The summed E-state index contributed by atoms with van der Waals surface area (Å²) in [4.78, 5) is 23.5. The molecule has 0 bridgehead atoms. The molecule has 0 radical (unpaired) electrons. The van der Waals surface area contributed by atoms with E-state index < -0.39 is 23.2 Å². The molecule has 0 spiro atoms. The van der Waals surface area contributed by atoms with Crippen LogP contribution in [0.5, 0.6) is 5.75 Å². The molecular formula is C18H21ClN2O5. The minimum absolute atomic E-state index is 0.0243. The fourth-order valence-corrected chi connectivity index (χ4v) is 2.58. The SMILES string of the molecule is CC(O)c1cc(COc2cnn(C(C)(C)C)c(=O)c2Cl)ccc1C(=O)O. The van der Waals surface area contributed by atoms with Crippen LogP contribution in [0.1, 0.15) is 55.3 Å². The first-order valence-corrected chi connectivity index (χ1v) is 8.35. The van der Waals surface area contributed by atoms with Gasteiger partial charge in [-0.2, -0.15) is 5.10 Å². The van der Waals surface area contributed by atoms with Gasteiger partial charge in [0.2, 0.25) is 0 Å². The van der Waals surface area contributed by atoms with Gasteiger partial charge in [-0.1, -0.05) is 17.7 Å². The van der Waals surface area contributed by atoms with Crippen molar-refractivity contribution < 1.29 is 19.7 Å². The first-order valence-electron chi connectivity index (χ1n) is 7.97. The summed E-state index contributed by atoms with van der Waals surface area (Å²) < 4.78 is 6.84. The zero-order chi connectivity index (χ0) is 19.6. The Morgan fingerprint density at radius 2 is 2.04 bits per heavy atom. The highest BCUT2D eigenvalue weighted by Gasteiger charge is 2.20. The molecule has 7 nitrogen and oxygen atoms in total. The Kier molecular flexibility index (Phi) is 5.73. The Bertz CT molecular complexity index is 884. The average Bonchev–Trinajstić information content (AvgIpc) is 2.54. The predicted molar refractivity (Wildman–Crippen MR) is 96.9 cm³/mol. The number of aliphatic hydroxyl groups excluding tert-OH is 1. The lowest BCUT2D eigenvalue weighted by Gasteiger charge is -2.21. The lowest BCUT2D eigenvalue weighted by Crippen LogP contribution is -2.36. The number of aliphatic hydroxyl groups is 1. The number of carbonyl (C=O) groups is 1. The van der Waals surface area contributed by atoms with Crippen molar-refractivity contribution in [2.75, 3.05) is 0 Å². The zero-order valence-electron chi connectivity index (χ0n) is 15.0. The van der Waals surface area contributed by atoms with Gasteiger partial charge in [0.1, 0.15) is 6.61 Å². The normalized spacial score (nSPS) is 12.7. The molecule has 0 fully saturated rings. The number of aromatic nitrogens is 2. The number of hydrogen-bond acceptors (Lipinski definition) is 5. The van der Waals surface area contributed by atoms with Crippen molar-refractivity contribution in [2.45, 2.75) is 45.9 Å². The minimum atomic E-state index is -1.12. The highest BCUT2D eigenvalue weighted by atomic mass is 35.5. The van der Waals surface area contributed by atoms with Gasteiger partial charge in [0.15, 0.2) is 10.8 Å². The number of halogens is 1. The molecule has 2 rings (SSSR count). The van der Waals surface area contributed by atoms with Crippen molar-refractivity contribution in [1.82, 2.24) is 9.78 Å². The topological polar surface area (TPSA) is 102 Å². The number of carboxylic acid groups (broad SMARTS) is 1. The fraction of sp³-hybridized carbons (Fsp3) is 0.389. The number of hydrogen-bond donors (Lipinski definition) is 2. The standard InChI is InChI=1S/C18H21ClN2O5/c1-10(22)13-7-11(5-6-12(13)17(24)25)9-26-14-8-20-21(18(2,3)4)16(23)15(14)19/h5-8,10,22H,9H2,1-4H3,(H,24,25). The van der Waals surface area contributed by atoms with E-state index in [-0.39, 0.29) is 28.5 Å². The second-order valence-electron chi connectivity index (χ2n) is 6.90. The number of carboxylic acids is 1. The highest BCUT2D eigenvalue weighted by molar-refractivity contribution is 6.31. The largest absolute Gasteiger partial charge is 0.485 e. The molecule has 0 aliphatic rings. The summed E-state index contributed by atoms with van der Waals surface area (Å²) in [5, 5.41) is 22.9. The van der Waals surface area contributed by atoms with Crippen molar-refractivity contribution in [1.29, 1.82) is 0 Å². The summed E-state index contributed by atoms with van der Waals surface area (Å²) in [6.07, 6.45) is 0.429. The van der Waals surface area contributed by atoms with Crippen LogP contribution in [0.2, 0.25) is 5.02 Å². The molecule has 0 aliphatic heterocycles. The molecule has 1 aromatic carbocycles. The van der Waals surface area contributed by atoms with E-state index in [0.717, 1.165) is 0 Å². The fourth-order valence-electron chi connectivity index (χ4n) is 2.40. The number of ether oxygens (including phenoxy) is 1. The van der Waals surface area contributed by atoms with Crippen LogP contribution >= 0.6 is 11.6 Å². The molecule has 140 valence electrons. The van der Waals surface area contributed by atoms with E-state index in [1.54, 1.807) is 12.1 Å². The number of benzene rings is 1. The van der Waals surface area contributed by atoms with Crippen LogP contribution < -0.4 is 10.3 Å². The van der Waals surface area contributed by atoms with Gasteiger partial charge in [-0.3, -0.25) is 4.79 Å². The van der Waals surface area contributed by atoms with Crippen LogP contribution in [0, 0.1) is 0 Å². The molecule has 0 saturated carbocycles. The molecule has 1 unspecified atom stereocenters. The number of nitrogens with zero attached hydrogens (tertiary/aromatic N) is 2. The van der Waals surface area contributed by atoms with Crippen LogP contribution in [0.4, 0.5) is 0 Å². The number of aromatic carboxylic acids is 1. The summed E-state index contributed by atoms with van der Waals surface area (Å²) in [6.45, 7) is 7.03. The summed E-state index contributed by atoms with van der Waals surface area (Å²) in [5.41, 5.74) is -0.0373. The maximum absolute atomic E-state index is 12.3. The van der Waals surface area contributed by atoms with E-state index in [4.69, 9.17) is 21.4 Å². The predicted octanol–water partition coefficient (Wildman–Crippen LogP) is 2.98. The molecule has 1 heterocycles. The molecule has 0 saturated heterocycles. The summed E-state index contributed by atoms with van der Waals surface area (Å²) >= 11 is 6.10. The smallest absolute Gasteiger partial charge is 0.336 e. The average molecular weight is 381 g/mol. The van der Waals surface area contributed by atoms with Gasteiger partial charge >= 0.3 is 5.97 Å². The molecule has 2 aromatic rings. The van der Waals surface area contributed by atoms with Crippen LogP contribution in [-0.4, -0.2) is 26.0 Å². The third-order valence-corrected chi connectivity index (χ3v) is 4.06. The first kappa shape index (κ1) is 19.9. The van der Waals surface area contributed by atoms with Crippen LogP contribution in [0.15, 0.2) is 29.2 Å². The monoisotopic (exact) mass is 380 g/mol. The van der Waals surface area contributed by atoms with E-state index in [1.807, 2.05) is 20.8 Å². The van der Waals surface area contributed by atoms with Gasteiger partial charge in [-0.15, -0.1) is 0 Å². The van der Waals surface area contributed by atoms with E-state index >= 15 is 0 Å².